The average molecular weight is 300 g/mol. The number of hydrogen-bond acceptors (Lipinski definition) is 3. The van der Waals surface area contributed by atoms with Gasteiger partial charge in [-0.1, -0.05) is 13.3 Å². The Balaban J connectivity index is 2.59. The number of methoxy groups -OCH3 is 1. The van der Waals surface area contributed by atoms with Crippen molar-refractivity contribution in [2.45, 2.75) is 52.0 Å². The van der Waals surface area contributed by atoms with Crippen LogP contribution in [-0.4, -0.2) is 54.4 Å². The molecular formula is C15H28N2O4. The molecule has 6 nitrogen and oxygen atoms in total. The number of nitrogens with zero attached hydrogens (tertiary/aromatic N) is 1. The molecule has 0 aliphatic carbocycles. The number of likely N-dealkylation sites (tertiary alicyclic amines) is 1. The second-order valence-electron chi connectivity index (χ2n) is 6.57. The van der Waals surface area contributed by atoms with Crippen LogP contribution < -0.4 is 5.32 Å². The highest BCUT2D eigenvalue weighted by atomic mass is 16.5. The molecule has 1 aliphatic heterocycles. The summed E-state index contributed by atoms with van der Waals surface area (Å²) in [5.74, 6) is -0.732. The molecule has 0 aromatic rings. The van der Waals surface area contributed by atoms with Gasteiger partial charge in [-0.25, -0.2) is 4.79 Å². The van der Waals surface area contributed by atoms with E-state index >= 15 is 0 Å². The van der Waals surface area contributed by atoms with E-state index in [-0.39, 0.29) is 6.03 Å². The number of ether oxygens (including phenoxy) is 1. The van der Waals surface area contributed by atoms with Crippen LogP contribution >= 0.6 is 0 Å². The number of rotatable bonds is 6. The molecule has 1 aliphatic rings. The van der Waals surface area contributed by atoms with Gasteiger partial charge in [0.15, 0.2) is 0 Å². The van der Waals surface area contributed by atoms with Gasteiger partial charge in [0.1, 0.15) is 0 Å². The van der Waals surface area contributed by atoms with Crippen LogP contribution in [0.2, 0.25) is 0 Å². The lowest BCUT2D eigenvalue weighted by atomic mass is 9.75. The van der Waals surface area contributed by atoms with Gasteiger partial charge in [-0.3, -0.25) is 4.79 Å². The fourth-order valence-corrected chi connectivity index (χ4v) is 2.95. The molecule has 2 N–H and O–H groups in total. The van der Waals surface area contributed by atoms with E-state index in [0.29, 0.717) is 39.0 Å². The minimum Gasteiger partial charge on any atom is -0.481 e. The average Bonchev–Trinajstić information content (AvgIpc) is 2.38. The molecule has 0 bridgehead atoms. The molecule has 21 heavy (non-hydrogen) atoms. The summed E-state index contributed by atoms with van der Waals surface area (Å²) >= 11 is 0. The summed E-state index contributed by atoms with van der Waals surface area (Å²) in [6, 6.07) is -0.146. The maximum atomic E-state index is 12.2. The van der Waals surface area contributed by atoms with Crippen LogP contribution in [0.25, 0.3) is 0 Å². The van der Waals surface area contributed by atoms with Gasteiger partial charge >= 0.3 is 12.0 Å². The standard InChI is InChI=1S/C15H28N2O4/c1-5-6-15(12(18)19)7-9-17(10-8-15)13(20)16-14(2,3)11-21-4/h5-11H2,1-4H3,(H,16,20)(H,18,19). The van der Waals surface area contributed by atoms with E-state index in [1.54, 1.807) is 12.0 Å². The lowest BCUT2D eigenvalue weighted by Crippen LogP contribution is -2.55. The molecule has 0 aromatic heterocycles. The van der Waals surface area contributed by atoms with Gasteiger partial charge in [-0.05, 0) is 33.1 Å². The second-order valence-corrected chi connectivity index (χ2v) is 6.57. The monoisotopic (exact) mass is 300 g/mol. The fraction of sp³-hybridized carbons (Fsp3) is 0.867. The summed E-state index contributed by atoms with van der Waals surface area (Å²) in [6.07, 6.45) is 2.56. The summed E-state index contributed by atoms with van der Waals surface area (Å²) in [5.41, 5.74) is -1.09. The minimum absolute atomic E-state index is 0.146. The number of nitrogens with one attached hydrogen (secondary N) is 1. The molecular weight excluding hydrogens is 272 g/mol. The molecule has 6 heteroatoms. The first-order valence-electron chi connectivity index (χ1n) is 7.56. The molecule has 0 saturated carbocycles. The SMILES string of the molecule is CCCC1(C(=O)O)CCN(C(=O)NC(C)(C)COC)CC1. The highest BCUT2D eigenvalue weighted by molar-refractivity contribution is 5.77. The smallest absolute Gasteiger partial charge is 0.317 e. The number of carbonyl (C=O) groups is 2. The lowest BCUT2D eigenvalue weighted by molar-refractivity contribution is -0.152. The molecule has 1 saturated heterocycles. The summed E-state index contributed by atoms with van der Waals surface area (Å²) in [6.45, 7) is 7.20. The molecule has 0 radical (unpaired) electrons. The van der Waals surface area contributed by atoms with E-state index < -0.39 is 16.9 Å². The zero-order valence-corrected chi connectivity index (χ0v) is 13.6. The quantitative estimate of drug-likeness (QED) is 0.787. The zero-order valence-electron chi connectivity index (χ0n) is 13.6. The van der Waals surface area contributed by atoms with Crippen LogP contribution in [0.5, 0.6) is 0 Å². The first-order valence-corrected chi connectivity index (χ1v) is 7.56. The van der Waals surface area contributed by atoms with Crippen molar-refractivity contribution in [1.82, 2.24) is 10.2 Å². The number of carboxylic acid groups (broad SMARTS) is 1. The van der Waals surface area contributed by atoms with Crippen molar-refractivity contribution in [3.05, 3.63) is 0 Å². The highest BCUT2D eigenvalue weighted by Gasteiger charge is 2.41. The zero-order chi connectivity index (χ0) is 16.1. The molecule has 0 aromatic carbocycles. The van der Waals surface area contributed by atoms with Gasteiger partial charge < -0.3 is 20.1 Å². The van der Waals surface area contributed by atoms with Gasteiger partial charge in [-0.2, -0.15) is 0 Å². The van der Waals surface area contributed by atoms with Crippen molar-refractivity contribution in [3.63, 3.8) is 0 Å². The number of amides is 2. The van der Waals surface area contributed by atoms with E-state index in [0.717, 1.165) is 6.42 Å². The Bertz CT molecular complexity index is 374. The topological polar surface area (TPSA) is 78.9 Å². The summed E-state index contributed by atoms with van der Waals surface area (Å²) in [7, 11) is 1.60. The third-order valence-electron chi connectivity index (χ3n) is 4.14. The second kappa shape index (κ2) is 7.11. The minimum atomic E-state index is -0.732. The van der Waals surface area contributed by atoms with E-state index in [4.69, 9.17) is 4.74 Å². The van der Waals surface area contributed by atoms with Crippen LogP contribution in [0.4, 0.5) is 4.79 Å². The summed E-state index contributed by atoms with van der Waals surface area (Å²) < 4.78 is 5.08. The summed E-state index contributed by atoms with van der Waals surface area (Å²) in [4.78, 5) is 25.5. The molecule has 1 fully saturated rings. The molecule has 0 unspecified atom stereocenters. The Morgan fingerprint density at radius 2 is 1.90 bits per heavy atom. The highest BCUT2D eigenvalue weighted by Crippen LogP contribution is 2.36. The molecule has 2 amide bonds. The summed E-state index contributed by atoms with van der Waals surface area (Å²) in [5, 5.41) is 12.4. The van der Waals surface area contributed by atoms with E-state index in [1.165, 1.54) is 0 Å². The molecule has 1 heterocycles. The first kappa shape index (κ1) is 17.8. The third kappa shape index (κ3) is 4.59. The van der Waals surface area contributed by atoms with Crippen LogP contribution in [0.15, 0.2) is 0 Å². The molecule has 1 rings (SSSR count). The Labute approximate surface area is 126 Å². The predicted octanol–water partition coefficient (Wildman–Crippen LogP) is 2.09. The van der Waals surface area contributed by atoms with Crippen LogP contribution in [0.3, 0.4) is 0 Å². The van der Waals surface area contributed by atoms with Crippen LogP contribution in [-0.2, 0) is 9.53 Å². The third-order valence-corrected chi connectivity index (χ3v) is 4.14. The predicted molar refractivity (Wildman–Crippen MR) is 80.3 cm³/mol. The van der Waals surface area contributed by atoms with Crippen molar-refractivity contribution in [1.29, 1.82) is 0 Å². The van der Waals surface area contributed by atoms with E-state index in [9.17, 15) is 14.7 Å². The Kier molecular flexibility index (Phi) is 6.01. The van der Waals surface area contributed by atoms with Crippen molar-refractivity contribution in [2.75, 3.05) is 26.8 Å². The van der Waals surface area contributed by atoms with Crippen LogP contribution in [0.1, 0.15) is 46.5 Å². The maximum Gasteiger partial charge on any atom is 0.317 e. The Morgan fingerprint density at radius 3 is 2.33 bits per heavy atom. The number of carbonyl (C=O) groups excluding carboxylic acids is 1. The number of urea groups is 1. The van der Waals surface area contributed by atoms with Gasteiger partial charge in [0.05, 0.1) is 17.6 Å². The van der Waals surface area contributed by atoms with Crippen molar-refractivity contribution in [2.24, 2.45) is 5.41 Å². The first-order chi connectivity index (χ1) is 9.76. The van der Waals surface area contributed by atoms with Gasteiger partial charge in [0.25, 0.3) is 0 Å². The van der Waals surface area contributed by atoms with Crippen molar-refractivity contribution in [3.8, 4) is 0 Å². The largest absolute Gasteiger partial charge is 0.481 e. The van der Waals surface area contributed by atoms with E-state index in [1.807, 2.05) is 20.8 Å². The fourth-order valence-electron chi connectivity index (χ4n) is 2.95. The van der Waals surface area contributed by atoms with Gasteiger partial charge in [-0.15, -0.1) is 0 Å². The lowest BCUT2D eigenvalue weighted by Gasteiger charge is -2.40. The number of piperidine rings is 1. The van der Waals surface area contributed by atoms with E-state index in [2.05, 4.69) is 5.32 Å². The van der Waals surface area contributed by atoms with Gasteiger partial charge in [0.2, 0.25) is 0 Å². The normalized spacial score (nSPS) is 18.4. The number of hydrogen-bond donors (Lipinski definition) is 2. The number of carboxylic acids is 1. The molecule has 0 spiro atoms. The van der Waals surface area contributed by atoms with Crippen molar-refractivity contribution < 1.29 is 19.4 Å². The van der Waals surface area contributed by atoms with Gasteiger partial charge in [0, 0.05) is 20.2 Å². The molecule has 0 atom stereocenters. The Hall–Kier alpha value is -1.30. The van der Waals surface area contributed by atoms with Crippen molar-refractivity contribution >= 4 is 12.0 Å². The van der Waals surface area contributed by atoms with Crippen LogP contribution in [0, 0.1) is 5.41 Å². The molecule has 122 valence electrons. The Morgan fingerprint density at radius 1 is 1.33 bits per heavy atom. The number of aliphatic carboxylic acids is 1. The maximum absolute atomic E-state index is 12.2.